The van der Waals surface area contributed by atoms with Crippen LogP contribution in [0.25, 0.3) is 6.08 Å². The lowest BCUT2D eigenvalue weighted by Crippen LogP contribution is -3.12. The number of rotatable bonds is 7. The van der Waals surface area contributed by atoms with Crippen molar-refractivity contribution in [2.24, 2.45) is 0 Å². The van der Waals surface area contributed by atoms with Crippen LogP contribution in [0.3, 0.4) is 0 Å². The molecular weight excluding hydrogens is 407 g/mol. The molecule has 1 unspecified atom stereocenters. The maximum atomic E-state index is 12.1. The highest BCUT2D eigenvalue weighted by atomic mass is 35.5. The highest BCUT2D eigenvalue weighted by molar-refractivity contribution is 6.42. The lowest BCUT2D eigenvalue weighted by atomic mass is 10.1. The average Bonchev–Trinajstić information content (AvgIpc) is 2.74. The normalized spacial score (nSPS) is 16.1. The number of hydrogen-bond donors (Lipinski definition) is 2. The first-order chi connectivity index (χ1) is 14.0. The minimum absolute atomic E-state index is 0.149. The van der Waals surface area contributed by atoms with Crippen LogP contribution in [0.15, 0.2) is 48.5 Å². The van der Waals surface area contributed by atoms with E-state index in [1.54, 1.807) is 18.2 Å². The Bertz CT molecular complexity index is 846. The Kier molecular flexibility index (Phi) is 8.13. The predicted molar refractivity (Wildman–Crippen MR) is 118 cm³/mol. The van der Waals surface area contributed by atoms with Crippen molar-refractivity contribution in [2.75, 3.05) is 20.3 Å². The van der Waals surface area contributed by atoms with E-state index >= 15 is 0 Å². The molecule has 4 nitrogen and oxygen atoms in total. The van der Waals surface area contributed by atoms with Crippen molar-refractivity contribution < 1.29 is 14.4 Å². The molecular formula is C23H27Cl2N2O2+. The Morgan fingerprint density at radius 3 is 2.48 bits per heavy atom. The van der Waals surface area contributed by atoms with Gasteiger partial charge in [-0.3, -0.25) is 4.79 Å². The summed E-state index contributed by atoms with van der Waals surface area (Å²) < 4.78 is 5.45. The van der Waals surface area contributed by atoms with Gasteiger partial charge in [0.05, 0.1) is 36.3 Å². The Labute approximate surface area is 182 Å². The molecule has 0 bridgehead atoms. The molecule has 1 aliphatic rings. The van der Waals surface area contributed by atoms with E-state index in [0.717, 1.165) is 43.7 Å². The van der Waals surface area contributed by atoms with E-state index in [4.69, 9.17) is 27.9 Å². The first kappa shape index (κ1) is 21.8. The Morgan fingerprint density at radius 1 is 1.10 bits per heavy atom. The number of benzene rings is 2. The van der Waals surface area contributed by atoms with Gasteiger partial charge in [-0.1, -0.05) is 53.5 Å². The molecule has 0 aromatic heterocycles. The van der Waals surface area contributed by atoms with E-state index in [0.29, 0.717) is 22.6 Å². The minimum Gasteiger partial charge on any atom is -0.381 e. The van der Waals surface area contributed by atoms with Gasteiger partial charge in [-0.25, -0.2) is 0 Å². The Hall–Kier alpha value is -1.85. The first-order valence-electron chi connectivity index (χ1n) is 9.90. The Balaban J connectivity index is 1.46. The van der Waals surface area contributed by atoms with Crippen LogP contribution in [-0.4, -0.2) is 32.2 Å². The molecule has 2 aromatic carbocycles. The second kappa shape index (κ2) is 10.8. The third-order valence-corrected chi connectivity index (χ3v) is 6.00. The van der Waals surface area contributed by atoms with Crippen LogP contribution >= 0.6 is 23.2 Å². The highest BCUT2D eigenvalue weighted by Crippen LogP contribution is 2.23. The van der Waals surface area contributed by atoms with E-state index in [9.17, 15) is 4.79 Å². The average molecular weight is 434 g/mol. The first-order valence-corrected chi connectivity index (χ1v) is 10.7. The molecule has 1 saturated heterocycles. The maximum absolute atomic E-state index is 12.1. The van der Waals surface area contributed by atoms with Crippen molar-refractivity contribution in [1.82, 2.24) is 5.32 Å². The van der Waals surface area contributed by atoms with Gasteiger partial charge in [0.1, 0.15) is 6.54 Å². The van der Waals surface area contributed by atoms with Gasteiger partial charge >= 0.3 is 0 Å². The zero-order valence-electron chi connectivity index (χ0n) is 16.6. The SMILES string of the molecule is C[NH+](Cc1ccc(CNC(=O)/C=C/c2ccc(Cl)c(Cl)c2)cc1)C1CCOCC1. The molecule has 1 aliphatic heterocycles. The van der Waals surface area contributed by atoms with Crippen molar-refractivity contribution in [3.05, 3.63) is 75.3 Å². The molecule has 1 amide bonds. The zero-order valence-corrected chi connectivity index (χ0v) is 18.1. The monoisotopic (exact) mass is 433 g/mol. The van der Waals surface area contributed by atoms with Crippen LogP contribution in [0.4, 0.5) is 0 Å². The summed E-state index contributed by atoms with van der Waals surface area (Å²) in [6.45, 7) is 3.25. The summed E-state index contributed by atoms with van der Waals surface area (Å²) in [5, 5.41) is 3.87. The number of quaternary nitrogens is 1. The van der Waals surface area contributed by atoms with Gasteiger partial charge < -0.3 is 15.0 Å². The van der Waals surface area contributed by atoms with Crippen LogP contribution in [0.5, 0.6) is 0 Å². The standard InChI is InChI=1S/C23H26Cl2N2O2/c1-27(20-10-12-29-13-11-20)16-19-4-2-18(3-5-19)15-26-23(28)9-7-17-6-8-21(24)22(25)14-17/h2-9,14,20H,10-13,15-16H2,1H3,(H,26,28)/p+1/b9-7+. The molecule has 0 spiro atoms. The molecule has 0 aliphatic carbocycles. The van der Waals surface area contributed by atoms with Gasteiger partial charge in [-0.05, 0) is 29.3 Å². The summed E-state index contributed by atoms with van der Waals surface area (Å²) in [6, 6.07) is 14.4. The summed E-state index contributed by atoms with van der Waals surface area (Å²) in [7, 11) is 2.25. The van der Waals surface area contributed by atoms with Crippen LogP contribution in [0.1, 0.15) is 29.5 Å². The van der Waals surface area contributed by atoms with Crippen molar-refractivity contribution >= 4 is 35.2 Å². The largest absolute Gasteiger partial charge is 0.381 e. The highest BCUT2D eigenvalue weighted by Gasteiger charge is 2.21. The second-order valence-corrected chi connectivity index (χ2v) is 8.27. The molecule has 0 saturated carbocycles. The van der Waals surface area contributed by atoms with Gasteiger partial charge in [-0.15, -0.1) is 0 Å². The minimum atomic E-state index is -0.149. The predicted octanol–water partition coefficient (Wildman–Crippen LogP) is 3.52. The lowest BCUT2D eigenvalue weighted by Gasteiger charge is -2.28. The molecule has 2 aromatic rings. The van der Waals surface area contributed by atoms with E-state index in [1.807, 2.05) is 6.07 Å². The fraction of sp³-hybridized carbons (Fsp3) is 0.348. The van der Waals surface area contributed by atoms with Gasteiger partial charge in [-0.2, -0.15) is 0 Å². The van der Waals surface area contributed by atoms with E-state index in [-0.39, 0.29) is 5.91 Å². The fourth-order valence-corrected chi connectivity index (χ4v) is 3.77. The molecule has 29 heavy (non-hydrogen) atoms. The van der Waals surface area contributed by atoms with E-state index in [1.165, 1.54) is 16.5 Å². The molecule has 154 valence electrons. The van der Waals surface area contributed by atoms with Crippen LogP contribution in [-0.2, 0) is 22.6 Å². The van der Waals surface area contributed by atoms with Crippen LogP contribution in [0.2, 0.25) is 10.0 Å². The molecule has 2 N–H and O–H groups in total. The number of amides is 1. The summed E-state index contributed by atoms with van der Waals surface area (Å²) in [6.07, 6.45) is 5.48. The van der Waals surface area contributed by atoms with Crippen molar-refractivity contribution in [3.8, 4) is 0 Å². The van der Waals surface area contributed by atoms with Gasteiger partial charge in [0.2, 0.25) is 5.91 Å². The number of halogens is 2. The van der Waals surface area contributed by atoms with Gasteiger partial charge in [0.15, 0.2) is 0 Å². The molecule has 0 radical (unpaired) electrons. The van der Waals surface area contributed by atoms with Gasteiger partial charge in [0, 0.05) is 31.0 Å². The lowest BCUT2D eigenvalue weighted by molar-refractivity contribution is -0.921. The maximum Gasteiger partial charge on any atom is 0.244 e. The summed E-state index contributed by atoms with van der Waals surface area (Å²) in [4.78, 5) is 13.6. The van der Waals surface area contributed by atoms with Crippen LogP contribution in [0, 0.1) is 0 Å². The topological polar surface area (TPSA) is 42.8 Å². The smallest absolute Gasteiger partial charge is 0.244 e. The fourth-order valence-electron chi connectivity index (χ4n) is 3.47. The van der Waals surface area contributed by atoms with E-state index < -0.39 is 0 Å². The number of carbonyl (C=O) groups is 1. The number of carbonyl (C=O) groups excluding carboxylic acids is 1. The van der Waals surface area contributed by atoms with Crippen molar-refractivity contribution in [3.63, 3.8) is 0 Å². The van der Waals surface area contributed by atoms with E-state index in [2.05, 4.69) is 36.6 Å². The molecule has 1 atom stereocenters. The summed E-state index contributed by atoms with van der Waals surface area (Å²) in [5.74, 6) is -0.149. The zero-order chi connectivity index (χ0) is 20.6. The van der Waals surface area contributed by atoms with Gasteiger partial charge in [0.25, 0.3) is 0 Å². The number of nitrogens with one attached hydrogen (secondary N) is 2. The Morgan fingerprint density at radius 2 is 1.79 bits per heavy atom. The third-order valence-electron chi connectivity index (χ3n) is 5.26. The number of hydrogen-bond acceptors (Lipinski definition) is 2. The quantitative estimate of drug-likeness (QED) is 0.655. The summed E-state index contributed by atoms with van der Waals surface area (Å²) >= 11 is 11.9. The van der Waals surface area contributed by atoms with Crippen molar-refractivity contribution in [1.29, 1.82) is 0 Å². The van der Waals surface area contributed by atoms with Crippen molar-refractivity contribution in [2.45, 2.75) is 32.0 Å². The molecule has 3 rings (SSSR count). The van der Waals surface area contributed by atoms with Crippen LogP contribution < -0.4 is 10.2 Å². The third kappa shape index (κ3) is 6.86. The molecule has 6 heteroatoms. The summed E-state index contributed by atoms with van der Waals surface area (Å²) in [5.41, 5.74) is 3.22. The molecule has 1 fully saturated rings. The molecule has 1 heterocycles. The number of ether oxygens (including phenoxy) is 1. The second-order valence-electron chi connectivity index (χ2n) is 7.45.